The molecule has 0 aliphatic heterocycles. The highest BCUT2D eigenvalue weighted by Gasteiger charge is 2.32. The van der Waals surface area contributed by atoms with Crippen LogP contribution < -0.4 is 9.62 Å². The van der Waals surface area contributed by atoms with E-state index >= 15 is 0 Å². The van der Waals surface area contributed by atoms with Crippen LogP contribution in [-0.4, -0.2) is 26.4 Å². The van der Waals surface area contributed by atoms with Gasteiger partial charge in [-0.25, -0.2) is 12.8 Å². The Hall–Kier alpha value is -3.56. The van der Waals surface area contributed by atoms with E-state index in [0.717, 1.165) is 15.6 Å². The maximum atomic E-state index is 13.7. The van der Waals surface area contributed by atoms with Gasteiger partial charge < -0.3 is 5.32 Å². The number of hydrogen-bond acceptors (Lipinski definition) is 5. The third-order valence-corrected chi connectivity index (χ3v) is 7.98. The Kier molecular flexibility index (Phi) is 6.52. The first kappa shape index (κ1) is 22.6. The van der Waals surface area contributed by atoms with E-state index in [1.54, 1.807) is 54.0 Å². The lowest BCUT2D eigenvalue weighted by Crippen LogP contribution is -2.30. The standard InChI is InChI=1S/C24H20FN3O3S2/c1-28(20-12-10-18(25)11-13-20)33(30,31)23-21(17-7-3-2-4-8-17)16-32-22(23)24(29)27-15-19-9-5-6-14-26-19/h2-14,16H,15H2,1H3,(H,27,29). The number of sulfonamides is 1. The number of carbonyl (C=O) groups excluding carboxylic acids is 1. The van der Waals surface area contributed by atoms with Crippen molar-refractivity contribution in [3.63, 3.8) is 0 Å². The average Bonchev–Trinajstić information content (AvgIpc) is 3.30. The zero-order chi connectivity index (χ0) is 23.4. The topological polar surface area (TPSA) is 79.4 Å². The number of pyridine rings is 1. The van der Waals surface area contributed by atoms with Crippen LogP contribution in [0.2, 0.25) is 0 Å². The van der Waals surface area contributed by atoms with Gasteiger partial charge in [0.25, 0.3) is 15.9 Å². The van der Waals surface area contributed by atoms with Crippen molar-refractivity contribution in [1.29, 1.82) is 0 Å². The lowest BCUT2D eigenvalue weighted by molar-refractivity contribution is 0.0951. The molecule has 0 aliphatic rings. The number of amides is 1. The smallest absolute Gasteiger partial charge is 0.266 e. The number of hydrogen-bond donors (Lipinski definition) is 1. The van der Waals surface area contributed by atoms with E-state index in [0.29, 0.717) is 16.8 Å². The van der Waals surface area contributed by atoms with Crippen molar-refractivity contribution < 1.29 is 17.6 Å². The first-order valence-electron chi connectivity index (χ1n) is 9.97. The van der Waals surface area contributed by atoms with Gasteiger partial charge in [0.1, 0.15) is 15.6 Å². The molecule has 0 atom stereocenters. The molecule has 9 heteroatoms. The normalized spacial score (nSPS) is 11.2. The first-order valence-corrected chi connectivity index (χ1v) is 12.3. The summed E-state index contributed by atoms with van der Waals surface area (Å²) in [6.07, 6.45) is 1.62. The van der Waals surface area contributed by atoms with Crippen molar-refractivity contribution in [3.05, 3.63) is 101 Å². The third kappa shape index (κ3) is 4.79. The number of halogens is 1. The zero-order valence-corrected chi connectivity index (χ0v) is 19.2. The van der Waals surface area contributed by atoms with Gasteiger partial charge in [0, 0.05) is 24.2 Å². The van der Waals surface area contributed by atoms with Crippen LogP contribution in [0.5, 0.6) is 0 Å². The second-order valence-corrected chi connectivity index (χ2v) is 9.91. The summed E-state index contributed by atoms with van der Waals surface area (Å²) in [6.45, 7) is 0.158. The summed E-state index contributed by atoms with van der Waals surface area (Å²) in [5, 5.41) is 4.42. The number of benzene rings is 2. The molecule has 0 unspecified atom stereocenters. The molecule has 2 aromatic carbocycles. The molecule has 0 saturated carbocycles. The fourth-order valence-corrected chi connectivity index (χ4v) is 6.13. The van der Waals surface area contributed by atoms with E-state index in [1.807, 2.05) is 6.07 Å². The molecule has 1 N–H and O–H groups in total. The summed E-state index contributed by atoms with van der Waals surface area (Å²) in [5.41, 5.74) is 2.03. The first-order chi connectivity index (χ1) is 15.9. The number of thiophene rings is 1. The van der Waals surface area contributed by atoms with Crippen LogP contribution >= 0.6 is 11.3 Å². The van der Waals surface area contributed by atoms with Gasteiger partial charge in [0.2, 0.25) is 0 Å². The number of aromatic nitrogens is 1. The predicted molar refractivity (Wildman–Crippen MR) is 127 cm³/mol. The van der Waals surface area contributed by atoms with Crippen LogP contribution in [0.4, 0.5) is 10.1 Å². The summed E-state index contributed by atoms with van der Waals surface area (Å²) in [5.74, 6) is -0.987. The Labute approximate surface area is 195 Å². The molecule has 33 heavy (non-hydrogen) atoms. The number of nitrogens with zero attached hydrogens (tertiary/aromatic N) is 2. The molecule has 2 heterocycles. The van der Waals surface area contributed by atoms with Crippen molar-refractivity contribution >= 4 is 33.0 Å². The Morgan fingerprint density at radius 1 is 1.03 bits per heavy atom. The van der Waals surface area contributed by atoms with Gasteiger partial charge in [0.15, 0.2) is 0 Å². The summed E-state index contributed by atoms with van der Waals surface area (Å²) < 4.78 is 41.9. The summed E-state index contributed by atoms with van der Waals surface area (Å²) in [6, 6.07) is 19.5. The van der Waals surface area contributed by atoms with Gasteiger partial charge in [-0.15, -0.1) is 11.3 Å². The van der Waals surface area contributed by atoms with Crippen LogP contribution in [0.25, 0.3) is 11.1 Å². The van der Waals surface area contributed by atoms with Gasteiger partial charge in [-0.3, -0.25) is 14.1 Å². The van der Waals surface area contributed by atoms with Gasteiger partial charge in [-0.2, -0.15) is 0 Å². The maximum Gasteiger partial charge on any atom is 0.266 e. The molecule has 4 aromatic rings. The highest BCUT2D eigenvalue weighted by Crippen LogP contribution is 2.38. The summed E-state index contributed by atoms with van der Waals surface area (Å²) >= 11 is 1.06. The van der Waals surface area contributed by atoms with Crippen molar-refractivity contribution in [2.45, 2.75) is 11.4 Å². The molecule has 6 nitrogen and oxygen atoms in total. The zero-order valence-electron chi connectivity index (χ0n) is 17.6. The van der Waals surface area contributed by atoms with E-state index in [9.17, 15) is 17.6 Å². The molecule has 0 bridgehead atoms. The van der Waals surface area contributed by atoms with E-state index in [4.69, 9.17) is 0 Å². The minimum Gasteiger partial charge on any atom is -0.346 e. The molecular formula is C24H20FN3O3S2. The fourth-order valence-electron chi connectivity index (χ4n) is 3.26. The lowest BCUT2D eigenvalue weighted by atomic mass is 10.1. The summed E-state index contributed by atoms with van der Waals surface area (Å²) in [7, 11) is -2.77. The van der Waals surface area contributed by atoms with Crippen molar-refractivity contribution in [2.24, 2.45) is 0 Å². The van der Waals surface area contributed by atoms with E-state index in [-0.39, 0.29) is 22.0 Å². The fraction of sp³-hybridized carbons (Fsp3) is 0.0833. The minimum atomic E-state index is -4.15. The SMILES string of the molecule is CN(c1ccc(F)cc1)S(=O)(=O)c1c(-c2ccccc2)csc1C(=O)NCc1ccccn1. The minimum absolute atomic E-state index is 0.0683. The Morgan fingerprint density at radius 2 is 1.73 bits per heavy atom. The Bertz CT molecular complexity index is 1360. The molecule has 0 radical (unpaired) electrons. The number of carbonyl (C=O) groups is 1. The molecule has 168 valence electrons. The Morgan fingerprint density at radius 3 is 2.39 bits per heavy atom. The van der Waals surface area contributed by atoms with E-state index in [2.05, 4.69) is 10.3 Å². The monoisotopic (exact) mass is 481 g/mol. The molecule has 0 fully saturated rings. The number of nitrogens with one attached hydrogen (secondary N) is 1. The third-order valence-electron chi connectivity index (χ3n) is 5.00. The molecule has 1 amide bonds. The van der Waals surface area contributed by atoms with Crippen LogP contribution in [0.15, 0.2) is 89.3 Å². The maximum absolute atomic E-state index is 13.7. The quantitative estimate of drug-likeness (QED) is 0.415. The van der Waals surface area contributed by atoms with Gasteiger partial charge >= 0.3 is 0 Å². The van der Waals surface area contributed by atoms with Crippen LogP contribution in [0, 0.1) is 5.82 Å². The molecular weight excluding hydrogens is 461 g/mol. The van der Waals surface area contributed by atoms with Crippen molar-refractivity contribution in [2.75, 3.05) is 11.4 Å². The second-order valence-electron chi connectivity index (χ2n) is 7.13. The summed E-state index contributed by atoms with van der Waals surface area (Å²) in [4.78, 5) is 17.2. The van der Waals surface area contributed by atoms with Crippen molar-refractivity contribution in [3.8, 4) is 11.1 Å². The number of anilines is 1. The lowest BCUT2D eigenvalue weighted by Gasteiger charge is -2.21. The average molecular weight is 482 g/mol. The molecule has 0 spiro atoms. The largest absolute Gasteiger partial charge is 0.346 e. The Balaban J connectivity index is 1.76. The predicted octanol–water partition coefficient (Wildman–Crippen LogP) is 4.70. The van der Waals surface area contributed by atoms with E-state index in [1.165, 1.54) is 31.3 Å². The van der Waals surface area contributed by atoms with Crippen LogP contribution in [0.1, 0.15) is 15.4 Å². The molecule has 0 aliphatic carbocycles. The van der Waals surface area contributed by atoms with Crippen LogP contribution in [-0.2, 0) is 16.6 Å². The molecule has 2 aromatic heterocycles. The van der Waals surface area contributed by atoms with Gasteiger partial charge in [0.05, 0.1) is 17.9 Å². The van der Waals surface area contributed by atoms with Gasteiger partial charge in [-0.05, 0) is 42.0 Å². The van der Waals surface area contributed by atoms with E-state index < -0.39 is 21.7 Å². The highest BCUT2D eigenvalue weighted by molar-refractivity contribution is 7.93. The van der Waals surface area contributed by atoms with Crippen LogP contribution in [0.3, 0.4) is 0 Å². The molecule has 0 saturated heterocycles. The molecule has 4 rings (SSSR count). The van der Waals surface area contributed by atoms with Crippen molar-refractivity contribution in [1.82, 2.24) is 10.3 Å². The highest BCUT2D eigenvalue weighted by atomic mass is 32.2. The number of rotatable bonds is 7. The second kappa shape index (κ2) is 9.51. The van der Waals surface area contributed by atoms with Gasteiger partial charge in [-0.1, -0.05) is 36.4 Å².